The first kappa shape index (κ1) is 13.8. The molecule has 0 saturated carbocycles. The van der Waals surface area contributed by atoms with Gasteiger partial charge in [-0.05, 0) is 18.2 Å². The summed E-state index contributed by atoms with van der Waals surface area (Å²) in [5.41, 5.74) is -0.412. The molecule has 1 aromatic carbocycles. The molecule has 0 bridgehead atoms. The molecule has 7 nitrogen and oxygen atoms in total. The summed E-state index contributed by atoms with van der Waals surface area (Å²) >= 11 is 0. The van der Waals surface area contributed by atoms with Crippen LogP contribution >= 0.6 is 0 Å². The molecule has 2 N–H and O–H groups in total. The van der Waals surface area contributed by atoms with Gasteiger partial charge in [-0.1, -0.05) is 0 Å². The second-order valence-corrected chi connectivity index (χ2v) is 4.92. The number of hydrogen-bond acceptors (Lipinski definition) is 5. The van der Waals surface area contributed by atoms with Gasteiger partial charge < -0.3 is 14.5 Å². The molecule has 0 amide bonds. The van der Waals surface area contributed by atoms with Gasteiger partial charge in [0.2, 0.25) is 0 Å². The van der Waals surface area contributed by atoms with Gasteiger partial charge in [0, 0.05) is 19.6 Å². The number of morpholine rings is 1. The van der Waals surface area contributed by atoms with Crippen LogP contribution in [0.4, 0.5) is 0 Å². The van der Waals surface area contributed by atoms with Crippen LogP contribution in [0.5, 0.6) is 5.75 Å². The monoisotopic (exact) mass is 291 g/mol. The van der Waals surface area contributed by atoms with Gasteiger partial charge in [0.15, 0.2) is 0 Å². The topological polar surface area (TPSA) is 87.4 Å². The Bertz CT molecular complexity index is 731. The molecule has 0 unspecified atom stereocenters. The third-order valence-electron chi connectivity index (χ3n) is 3.49. The van der Waals surface area contributed by atoms with E-state index in [1.807, 2.05) is 0 Å². The molecule has 7 heteroatoms. The molecule has 0 spiro atoms. The lowest BCUT2D eigenvalue weighted by Crippen LogP contribution is -2.38. The zero-order valence-corrected chi connectivity index (χ0v) is 11.6. The third-order valence-corrected chi connectivity index (χ3v) is 3.49. The molecule has 0 aliphatic carbocycles. The molecule has 1 aliphatic heterocycles. The second-order valence-electron chi connectivity index (χ2n) is 4.92. The van der Waals surface area contributed by atoms with Gasteiger partial charge in [-0.15, -0.1) is 0 Å². The summed E-state index contributed by atoms with van der Waals surface area (Å²) in [5.74, 6) is 0.619. The maximum atomic E-state index is 11.7. The number of hydrogen-bond donors (Lipinski definition) is 2. The van der Waals surface area contributed by atoms with Gasteiger partial charge in [0.25, 0.3) is 5.56 Å². The van der Waals surface area contributed by atoms with E-state index in [-0.39, 0.29) is 0 Å². The number of benzene rings is 1. The normalized spacial score (nSPS) is 16.2. The minimum absolute atomic E-state index is 0.410. The van der Waals surface area contributed by atoms with E-state index in [0.29, 0.717) is 23.3 Å². The number of fused-ring (bicyclic) bond motifs is 1. The van der Waals surface area contributed by atoms with Crippen LogP contribution in [0.15, 0.2) is 27.8 Å². The Balaban J connectivity index is 1.67. The van der Waals surface area contributed by atoms with Crippen molar-refractivity contribution in [2.75, 3.05) is 39.5 Å². The van der Waals surface area contributed by atoms with Crippen molar-refractivity contribution in [1.29, 1.82) is 0 Å². The Morgan fingerprint density at radius 2 is 2.00 bits per heavy atom. The Morgan fingerprint density at radius 3 is 2.81 bits per heavy atom. The van der Waals surface area contributed by atoms with Crippen LogP contribution in [-0.4, -0.2) is 54.3 Å². The van der Waals surface area contributed by atoms with Crippen molar-refractivity contribution < 1.29 is 9.47 Å². The minimum atomic E-state index is -0.506. The van der Waals surface area contributed by atoms with Crippen LogP contribution in [0, 0.1) is 0 Å². The Kier molecular flexibility index (Phi) is 4.03. The summed E-state index contributed by atoms with van der Waals surface area (Å²) in [6.07, 6.45) is 0. The van der Waals surface area contributed by atoms with Crippen LogP contribution in [0.3, 0.4) is 0 Å². The molecule has 2 aromatic rings. The van der Waals surface area contributed by atoms with Crippen molar-refractivity contribution in [3.63, 3.8) is 0 Å². The first-order valence-corrected chi connectivity index (χ1v) is 6.92. The lowest BCUT2D eigenvalue weighted by Gasteiger charge is -2.26. The number of rotatable bonds is 4. The molecule has 112 valence electrons. The molecule has 1 aromatic heterocycles. The van der Waals surface area contributed by atoms with E-state index in [1.165, 1.54) is 0 Å². The molecule has 21 heavy (non-hydrogen) atoms. The minimum Gasteiger partial charge on any atom is -0.492 e. The number of aromatic amines is 2. The quantitative estimate of drug-likeness (QED) is 0.823. The lowest BCUT2D eigenvalue weighted by molar-refractivity contribution is 0.0322. The molecule has 1 fully saturated rings. The van der Waals surface area contributed by atoms with Crippen LogP contribution in [0.2, 0.25) is 0 Å². The number of aromatic nitrogens is 2. The van der Waals surface area contributed by atoms with Gasteiger partial charge in [0.05, 0.1) is 24.1 Å². The summed E-state index contributed by atoms with van der Waals surface area (Å²) < 4.78 is 11.0. The fraction of sp³-hybridized carbons (Fsp3) is 0.429. The maximum Gasteiger partial charge on any atom is 0.326 e. The summed E-state index contributed by atoms with van der Waals surface area (Å²) in [5, 5.41) is 0.415. The molecular weight excluding hydrogens is 274 g/mol. The highest BCUT2D eigenvalue weighted by molar-refractivity contribution is 5.78. The molecule has 0 radical (unpaired) electrons. The van der Waals surface area contributed by atoms with Crippen molar-refractivity contribution in [3.05, 3.63) is 39.0 Å². The molecule has 1 aliphatic rings. The van der Waals surface area contributed by atoms with Gasteiger partial charge in [0.1, 0.15) is 12.4 Å². The van der Waals surface area contributed by atoms with Crippen molar-refractivity contribution in [1.82, 2.24) is 14.9 Å². The molecule has 3 rings (SSSR count). The second kappa shape index (κ2) is 6.11. The third kappa shape index (κ3) is 3.32. The van der Waals surface area contributed by atoms with E-state index in [0.717, 1.165) is 32.8 Å². The van der Waals surface area contributed by atoms with Gasteiger partial charge in [-0.2, -0.15) is 0 Å². The van der Waals surface area contributed by atoms with E-state index in [9.17, 15) is 9.59 Å². The number of nitrogens with one attached hydrogen (secondary N) is 2. The van der Waals surface area contributed by atoms with E-state index >= 15 is 0 Å². The average molecular weight is 291 g/mol. The summed E-state index contributed by atoms with van der Waals surface area (Å²) in [4.78, 5) is 30.0. The highest BCUT2D eigenvalue weighted by Crippen LogP contribution is 2.15. The molecular formula is C14H17N3O4. The SMILES string of the molecule is O=c1[nH]c(=O)c2cc(OCCN3CCOCC3)ccc2[nH]1. The Morgan fingerprint density at radius 1 is 1.19 bits per heavy atom. The Labute approximate surface area is 120 Å². The van der Waals surface area contributed by atoms with Gasteiger partial charge >= 0.3 is 5.69 Å². The van der Waals surface area contributed by atoms with Crippen molar-refractivity contribution in [3.8, 4) is 5.75 Å². The van der Waals surface area contributed by atoms with E-state index in [4.69, 9.17) is 9.47 Å². The highest BCUT2D eigenvalue weighted by Gasteiger charge is 2.10. The van der Waals surface area contributed by atoms with Crippen LogP contribution in [-0.2, 0) is 4.74 Å². The predicted molar refractivity (Wildman–Crippen MR) is 77.9 cm³/mol. The fourth-order valence-corrected chi connectivity index (χ4v) is 2.35. The molecule has 1 saturated heterocycles. The van der Waals surface area contributed by atoms with Gasteiger partial charge in [-0.25, -0.2) is 4.79 Å². The first-order chi connectivity index (χ1) is 10.2. The van der Waals surface area contributed by atoms with Crippen molar-refractivity contribution in [2.24, 2.45) is 0 Å². The largest absolute Gasteiger partial charge is 0.492 e. The summed E-state index contributed by atoms with van der Waals surface area (Å²) in [6, 6.07) is 5.07. The van der Waals surface area contributed by atoms with E-state index in [1.54, 1.807) is 18.2 Å². The number of nitrogens with zero attached hydrogens (tertiary/aromatic N) is 1. The van der Waals surface area contributed by atoms with Crippen LogP contribution in [0.1, 0.15) is 0 Å². The van der Waals surface area contributed by atoms with E-state index < -0.39 is 11.2 Å². The van der Waals surface area contributed by atoms with Crippen LogP contribution in [0.25, 0.3) is 10.9 Å². The summed E-state index contributed by atoms with van der Waals surface area (Å²) in [7, 11) is 0. The van der Waals surface area contributed by atoms with E-state index in [2.05, 4.69) is 14.9 Å². The average Bonchev–Trinajstić information content (AvgIpc) is 2.49. The first-order valence-electron chi connectivity index (χ1n) is 6.92. The number of H-pyrrole nitrogens is 2. The zero-order chi connectivity index (χ0) is 14.7. The standard InChI is InChI=1S/C14H17N3O4/c18-13-11-9-10(1-2-12(11)15-14(19)16-13)21-8-5-17-3-6-20-7-4-17/h1-2,9H,3-8H2,(H2,15,16,18,19). The maximum absolute atomic E-state index is 11.7. The Hall–Kier alpha value is -2.12. The predicted octanol–water partition coefficient (Wildman–Crippen LogP) is -0.0726. The highest BCUT2D eigenvalue weighted by atomic mass is 16.5. The zero-order valence-electron chi connectivity index (χ0n) is 11.6. The van der Waals surface area contributed by atoms with Crippen molar-refractivity contribution >= 4 is 10.9 Å². The van der Waals surface area contributed by atoms with Gasteiger partial charge in [-0.3, -0.25) is 14.7 Å². The molecule has 0 atom stereocenters. The smallest absolute Gasteiger partial charge is 0.326 e. The fourth-order valence-electron chi connectivity index (χ4n) is 2.35. The lowest BCUT2D eigenvalue weighted by atomic mass is 10.2. The number of ether oxygens (including phenoxy) is 2. The van der Waals surface area contributed by atoms with Crippen molar-refractivity contribution in [2.45, 2.75) is 0 Å². The molecule has 2 heterocycles. The summed E-state index contributed by atoms with van der Waals surface area (Å²) in [6.45, 7) is 4.73. The van der Waals surface area contributed by atoms with Crippen LogP contribution < -0.4 is 16.0 Å².